The van der Waals surface area contributed by atoms with E-state index >= 15 is 0 Å². The minimum absolute atomic E-state index is 0.0116. The zero-order chi connectivity index (χ0) is 17.9. The molecule has 1 aliphatic rings. The second-order valence-corrected chi connectivity index (χ2v) is 7.49. The zero-order valence-corrected chi connectivity index (χ0v) is 15.2. The van der Waals surface area contributed by atoms with Crippen molar-refractivity contribution in [2.75, 3.05) is 6.54 Å². The highest BCUT2D eigenvalue weighted by molar-refractivity contribution is 5.70. The molecule has 2 rings (SSSR count). The third-order valence-electron chi connectivity index (χ3n) is 3.97. The van der Waals surface area contributed by atoms with E-state index in [2.05, 4.69) is 6.92 Å². The minimum Gasteiger partial charge on any atom is -0.444 e. The number of hydrogen-bond donors (Lipinski definition) is 0. The number of ether oxygens (including phenoxy) is 2. The first-order chi connectivity index (χ1) is 11.2. The first-order valence-corrected chi connectivity index (χ1v) is 8.43. The van der Waals surface area contributed by atoms with Crippen molar-refractivity contribution in [2.24, 2.45) is 5.92 Å². The lowest BCUT2D eigenvalue weighted by Crippen LogP contribution is -2.44. The van der Waals surface area contributed by atoms with E-state index in [1.165, 1.54) is 6.92 Å². The monoisotopic (exact) mass is 333 g/mol. The highest BCUT2D eigenvalue weighted by Crippen LogP contribution is 2.35. The van der Waals surface area contributed by atoms with Crippen LogP contribution in [0, 0.1) is 5.92 Å². The van der Waals surface area contributed by atoms with Crippen LogP contribution in [0.15, 0.2) is 24.3 Å². The predicted octanol–water partition coefficient (Wildman–Crippen LogP) is 4.32. The number of likely N-dealkylation sites (tertiary alicyclic amines) is 1. The van der Waals surface area contributed by atoms with E-state index in [1.54, 1.807) is 12.1 Å². The third kappa shape index (κ3) is 4.98. The molecule has 2 atom stereocenters. The van der Waals surface area contributed by atoms with Gasteiger partial charge in [-0.25, -0.2) is 4.79 Å². The molecule has 1 fully saturated rings. The first-order valence-electron chi connectivity index (χ1n) is 8.43. The molecule has 0 aromatic heterocycles. The van der Waals surface area contributed by atoms with Gasteiger partial charge in [-0.3, -0.25) is 4.79 Å². The Bertz CT molecular complexity index is 588. The summed E-state index contributed by atoms with van der Waals surface area (Å²) >= 11 is 0. The van der Waals surface area contributed by atoms with Gasteiger partial charge in [0.05, 0.1) is 6.04 Å². The molecular weight excluding hydrogens is 306 g/mol. The number of esters is 1. The number of carbonyl (C=O) groups excluding carboxylic acids is 2. The Morgan fingerprint density at radius 2 is 1.75 bits per heavy atom. The van der Waals surface area contributed by atoms with Gasteiger partial charge < -0.3 is 14.4 Å². The van der Waals surface area contributed by atoms with E-state index in [1.807, 2.05) is 37.8 Å². The van der Waals surface area contributed by atoms with Crippen LogP contribution >= 0.6 is 0 Å². The molecule has 0 spiro atoms. The molecule has 0 bridgehead atoms. The lowest BCUT2D eigenvalue weighted by atomic mass is 9.90. The van der Waals surface area contributed by atoms with Crippen molar-refractivity contribution in [2.45, 2.75) is 59.1 Å². The molecule has 5 nitrogen and oxygen atoms in total. The van der Waals surface area contributed by atoms with Crippen molar-refractivity contribution in [3.8, 4) is 5.75 Å². The predicted molar refractivity (Wildman–Crippen MR) is 91.8 cm³/mol. The van der Waals surface area contributed by atoms with E-state index < -0.39 is 5.60 Å². The van der Waals surface area contributed by atoms with E-state index in [4.69, 9.17) is 9.47 Å². The number of benzene rings is 1. The summed E-state index contributed by atoms with van der Waals surface area (Å²) in [6.07, 6.45) is 1.69. The molecule has 0 aliphatic carbocycles. The van der Waals surface area contributed by atoms with Gasteiger partial charge in [0.2, 0.25) is 0 Å². The second-order valence-electron chi connectivity index (χ2n) is 7.49. The quantitative estimate of drug-likeness (QED) is 0.597. The molecule has 2 unspecified atom stereocenters. The highest BCUT2D eigenvalue weighted by Gasteiger charge is 2.33. The van der Waals surface area contributed by atoms with Gasteiger partial charge in [-0.1, -0.05) is 19.1 Å². The van der Waals surface area contributed by atoms with Crippen LogP contribution in [-0.2, 0) is 9.53 Å². The minimum atomic E-state index is -0.512. The van der Waals surface area contributed by atoms with E-state index in [-0.39, 0.29) is 18.1 Å². The summed E-state index contributed by atoms with van der Waals surface area (Å²) < 4.78 is 10.6. The molecule has 1 aromatic rings. The highest BCUT2D eigenvalue weighted by atomic mass is 16.6. The standard InChI is InChI=1S/C19H27NO4/c1-13-6-11-17(20(12-13)18(22)24-19(3,4)5)15-7-9-16(10-8-15)23-14(2)21/h7-10,13,17H,6,11-12H2,1-5H3. The lowest BCUT2D eigenvalue weighted by molar-refractivity contribution is -0.131. The fraction of sp³-hybridized carbons (Fsp3) is 0.579. The van der Waals surface area contributed by atoms with Crippen LogP contribution < -0.4 is 4.74 Å². The van der Waals surface area contributed by atoms with Gasteiger partial charge in [0.15, 0.2) is 0 Å². The van der Waals surface area contributed by atoms with Crippen LogP contribution in [0.3, 0.4) is 0 Å². The largest absolute Gasteiger partial charge is 0.444 e. The van der Waals surface area contributed by atoms with Crippen LogP contribution in [0.1, 0.15) is 59.1 Å². The van der Waals surface area contributed by atoms with Crippen molar-refractivity contribution >= 4 is 12.1 Å². The van der Waals surface area contributed by atoms with Crippen LogP contribution in [-0.4, -0.2) is 29.1 Å². The number of nitrogens with zero attached hydrogens (tertiary/aromatic N) is 1. The summed E-state index contributed by atoms with van der Waals surface area (Å²) in [5.74, 6) is 0.623. The van der Waals surface area contributed by atoms with Crippen molar-refractivity contribution in [3.63, 3.8) is 0 Å². The molecule has 1 saturated heterocycles. The van der Waals surface area contributed by atoms with Crippen LogP contribution in [0.2, 0.25) is 0 Å². The maximum absolute atomic E-state index is 12.6. The van der Waals surface area contributed by atoms with Gasteiger partial charge in [-0.05, 0) is 57.2 Å². The molecule has 1 aliphatic heterocycles. The van der Waals surface area contributed by atoms with Gasteiger partial charge in [-0.15, -0.1) is 0 Å². The number of hydrogen-bond acceptors (Lipinski definition) is 4. The van der Waals surface area contributed by atoms with E-state index in [0.29, 0.717) is 18.2 Å². The van der Waals surface area contributed by atoms with E-state index in [0.717, 1.165) is 18.4 Å². The first kappa shape index (κ1) is 18.3. The molecule has 0 radical (unpaired) electrons. The summed E-state index contributed by atoms with van der Waals surface area (Å²) in [5.41, 5.74) is 0.519. The summed E-state index contributed by atoms with van der Waals surface area (Å²) in [4.78, 5) is 25.4. The fourth-order valence-electron chi connectivity index (χ4n) is 2.95. The molecule has 132 valence electrons. The molecule has 5 heteroatoms. The van der Waals surface area contributed by atoms with E-state index in [9.17, 15) is 9.59 Å². The smallest absolute Gasteiger partial charge is 0.410 e. The molecule has 24 heavy (non-hydrogen) atoms. The Labute approximate surface area is 143 Å². The lowest BCUT2D eigenvalue weighted by Gasteiger charge is -2.39. The van der Waals surface area contributed by atoms with Crippen LogP contribution in [0.4, 0.5) is 4.79 Å². The summed E-state index contributed by atoms with van der Waals surface area (Å²) in [5, 5.41) is 0. The molecule has 0 N–H and O–H groups in total. The maximum atomic E-state index is 12.6. The topological polar surface area (TPSA) is 55.8 Å². The normalized spacial score (nSPS) is 21.3. The SMILES string of the molecule is CC(=O)Oc1ccc(C2CCC(C)CN2C(=O)OC(C)(C)C)cc1. The average molecular weight is 333 g/mol. The van der Waals surface area contributed by atoms with Gasteiger partial charge in [0, 0.05) is 13.5 Å². The summed E-state index contributed by atoms with van der Waals surface area (Å²) in [7, 11) is 0. The second kappa shape index (κ2) is 7.24. The fourth-order valence-corrected chi connectivity index (χ4v) is 2.95. The molecule has 1 heterocycles. The Balaban J connectivity index is 2.18. The van der Waals surface area contributed by atoms with Gasteiger partial charge in [0.1, 0.15) is 11.4 Å². The number of amides is 1. The van der Waals surface area contributed by atoms with Crippen molar-refractivity contribution in [3.05, 3.63) is 29.8 Å². The summed E-state index contributed by atoms with van der Waals surface area (Å²) in [6.45, 7) is 9.84. The molecule has 1 amide bonds. The Kier molecular flexibility index (Phi) is 5.52. The summed E-state index contributed by atoms with van der Waals surface area (Å²) in [6, 6.07) is 7.35. The Hall–Kier alpha value is -2.04. The number of rotatable bonds is 2. The Morgan fingerprint density at radius 1 is 1.12 bits per heavy atom. The van der Waals surface area contributed by atoms with Crippen molar-refractivity contribution in [1.82, 2.24) is 4.90 Å². The van der Waals surface area contributed by atoms with Gasteiger partial charge in [-0.2, -0.15) is 0 Å². The average Bonchev–Trinajstić information content (AvgIpc) is 2.46. The molecule has 1 aromatic carbocycles. The van der Waals surface area contributed by atoms with Crippen LogP contribution in [0.25, 0.3) is 0 Å². The number of carbonyl (C=O) groups is 2. The van der Waals surface area contributed by atoms with Gasteiger partial charge in [0.25, 0.3) is 0 Å². The van der Waals surface area contributed by atoms with Gasteiger partial charge >= 0.3 is 12.1 Å². The van der Waals surface area contributed by atoms with Crippen LogP contribution in [0.5, 0.6) is 5.75 Å². The third-order valence-corrected chi connectivity index (χ3v) is 3.97. The molecule has 0 saturated carbocycles. The Morgan fingerprint density at radius 3 is 2.29 bits per heavy atom. The molecular formula is C19H27NO4. The number of piperidine rings is 1. The maximum Gasteiger partial charge on any atom is 0.410 e. The van der Waals surface area contributed by atoms with Crippen molar-refractivity contribution in [1.29, 1.82) is 0 Å². The van der Waals surface area contributed by atoms with Crippen molar-refractivity contribution < 1.29 is 19.1 Å². The zero-order valence-electron chi connectivity index (χ0n) is 15.2.